The molecule has 2 aromatic heterocycles. The first-order chi connectivity index (χ1) is 9.63. The lowest BCUT2D eigenvalue weighted by Gasteiger charge is -2.30. The molecule has 0 aromatic carbocycles. The minimum absolute atomic E-state index is 0.0400. The maximum atomic E-state index is 12.4. The van der Waals surface area contributed by atoms with E-state index in [1.807, 2.05) is 4.90 Å². The minimum atomic E-state index is -0.0400. The van der Waals surface area contributed by atoms with Gasteiger partial charge in [-0.2, -0.15) is 4.98 Å². The van der Waals surface area contributed by atoms with Crippen LogP contribution in [0.3, 0.4) is 0 Å². The SMILES string of the molecule is Cc1nc(C2CCCN(C(=O)c3cc(Cl)c[nH]3)C2)no1. The van der Waals surface area contributed by atoms with Crippen LogP contribution in [0.4, 0.5) is 0 Å². The van der Waals surface area contributed by atoms with Crippen LogP contribution >= 0.6 is 11.6 Å². The average molecular weight is 295 g/mol. The summed E-state index contributed by atoms with van der Waals surface area (Å²) in [6.45, 7) is 3.11. The summed E-state index contributed by atoms with van der Waals surface area (Å²) in [6.07, 6.45) is 3.51. The average Bonchev–Trinajstić information content (AvgIpc) is 3.07. The van der Waals surface area contributed by atoms with E-state index in [9.17, 15) is 4.79 Å². The lowest BCUT2D eigenvalue weighted by molar-refractivity contribution is 0.0698. The normalized spacial score (nSPS) is 19.3. The van der Waals surface area contributed by atoms with Crippen molar-refractivity contribution in [3.8, 4) is 0 Å². The van der Waals surface area contributed by atoms with Crippen LogP contribution < -0.4 is 0 Å². The predicted octanol–water partition coefficient (Wildman–Crippen LogP) is 2.38. The van der Waals surface area contributed by atoms with Gasteiger partial charge < -0.3 is 14.4 Å². The van der Waals surface area contributed by atoms with Gasteiger partial charge >= 0.3 is 0 Å². The fraction of sp³-hybridized carbons (Fsp3) is 0.462. The Kier molecular flexibility index (Phi) is 3.48. The van der Waals surface area contributed by atoms with Gasteiger partial charge in [-0.15, -0.1) is 0 Å². The number of carbonyl (C=O) groups excluding carboxylic acids is 1. The molecule has 2 aromatic rings. The van der Waals surface area contributed by atoms with E-state index in [1.165, 1.54) is 0 Å². The highest BCUT2D eigenvalue weighted by molar-refractivity contribution is 6.30. The summed E-state index contributed by atoms with van der Waals surface area (Å²) in [6, 6.07) is 1.64. The van der Waals surface area contributed by atoms with Crippen molar-refractivity contribution in [3.63, 3.8) is 0 Å². The van der Waals surface area contributed by atoms with E-state index in [2.05, 4.69) is 15.1 Å². The minimum Gasteiger partial charge on any atom is -0.356 e. The molecule has 0 saturated carbocycles. The van der Waals surface area contributed by atoms with Gasteiger partial charge in [-0.3, -0.25) is 4.79 Å². The smallest absolute Gasteiger partial charge is 0.270 e. The molecule has 0 bridgehead atoms. The van der Waals surface area contributed by atoms with Gasteiger partial charge in [-0.25, -0.2) is 0 Å². The van der Waals surface area contributed by atoms with Crippen LogP contribution in [-0.2, 0) is 0 Å². The Balaban J connectivity index is 1.73. The van der Waals surface area contributed by atoms with Crippen LogP contribution in [0.15, 0.2) is 16.8 Å². The highest BCUT2D eigenvalue weighted by atomic mass is 35.5. The number of hydrogen-bond donors (Lipinski definition) is 1. The zero-order valence-electron chi connectivity index (χ0n) is 11.1. The Morgan fingerprint density at radius 1 is 1.60 bits per heavy atom. The van der Waals surface area contributed by atoms with Crippen molar-refractivity contribution in [2.45, 2.75) is 25.7 Å². The molecule has 1 unspecified atom stereocenters. The van der Waals surface area contributed by atoms with Crippen molar-refractivity contribution in [2.75, 3.05) is 13.1 Å². The molecule has 3 heterocycles. The Morgan fingerprint density at radius 3 is 3.10 bits per heavy atom. The monoisotopic (exact) mass is 294 g/mol. The Bertz CT molecular complexity index is 621. The molecule has 0 radical (unpaired) electrons. The van der Waals surface area contributed by atoms with Gasteiger partial charge in [0.15, 0.2) is 5.82 Å². The predicted molar refractivity (Wildman–Crippen MR) is 72.7 cm³/mol. The summed E-state index contributed by atoms with van der Waals surface area (Å²) in [5.41, 5.74) is 0.514. The van der Waals surface area contributed by atoms with Crippen molar-refractivity contribution in [2.24, 2.45) is 0 Å². The Morgan fingerprint density at radius 2 is 2.45 bits per heavy atom. The second kappa shape index (κ2) is 5.28. The molecule has 1 amide bonds. The summed E-state index contributed by atoms with van der Waals surface area (Å²) in [5.74, 6) is 1.33. The molecule has 1 aliphatic rings. The van der Waals surface area contributed by atoms with Gasteiger partial charge in [-0.05, 0) is 18.9 Å². The van der Waals surface area contributed by atoms with Gasteiger partial charge in [-0.1, -0.05) is 16.8 Å². The molecule has 1 N–H and O–H groups in total. The number of piperidine rings is 1. The molecule has 106 valence electrons. The first kappa shape index (κ1) is 13.2. The van der Waals surface area contributed by atoms with E-state index in [0.29, 0.717) is 29.0 Å². The number of rotatable bonds is 2. The quantitative estimate of drug-likeness (QED) is 0.923. The number of H-pyrrole nitrogens is 1. The van der Waals surface area contributed by atoms with Crippen molar-refractivity contribution >= 4 is 17.5 Å². The lowest BCUT2D eigenvalue weighted by Crippen LogP contribution is -2.39. The maximum absolute atomic E-state index is 12.4. The molecule has 0 spiro atoms. The number of amides is 1. The number of halogens is 1. The van der Waals surface area contributed by atoms with Gasteiger partial charge in [0, 0.05) is 32.1 Å². The van der Waals surface area contributed by atoms with Crippen LogP contribution in [0.5, 0.6) is 0 Å². The highest BCUT2D eigenvalue weighted by Gasteiger charge is 2.28. The van der Waals surface area contributed by atoms with E-state index in [4.69, 9.17) is 16.1 Å². The van der Waals surface area contributed by atoms with Crippen molar-refractivity contribution < 1.29 is 9.32 Å². The topological polar surface area (TPSA) is 75.0 Å². The lowest BCUT2D eigenvalue weighted by atomic mass is 9.97. The molecule has 3 rings (SSSR count). The third kappa shape index (κ3) is 2.56. The van der Waals surface area contributed by atoms with E-state index < -0.39 is 0 Å². The van der Waals surface area contributed by atoms with Gasteiger partial charge in [0.1, 0.15) is 5.69 Å². The standard InChI is InChI=1S/C13H15ClN4O2/c1-8-16-12(17-20-8)9-3-2-4-18(7-9)13(19)11-5-10(14)6-15-11/h5-6,9,15H,2-4,7H2,1H3. The number of aromatic amines is 1. The maximum Gasteiger partial charge on any atom is 0.270 e. The summed E-state index contributed by atoms with van der Waals surface area (Å²) < 4.78 is 5.01. The van der Waals surface area contributed by atoms with Crippen LogP contribution in [0, 0.1) is 6.92 Å². The molecule has 20 heavy (non-hydrogen) atoms. The summed E-state index contributed by atoms with van der Waals surface area (Å²) in [7, 11) is 0. The Labute approximate surface area is 121 Å². The summed E-state index contributed by atoms with van der Waals surface area (Å²) in [5, 5.41) is 4.49. The van der Waals surface area contributed by atoms with Gasteiger partial charge in [0.2, 0.25) is 5.89 Å². The third-order valence-corrected chi connectivity index (χ3v) is 3.71. The van der Waals surface area contributed by atoms with E-state index in [1.54, 1.807) is 19.2 Å². The first-order valence-electron chi connectivity index (χ1n) is 6.57. The van der Waals surface area contributed by atoms with E-state index >= 15 is 0 Å². The van der Waals surface area contributed by atoms with Crippen LogP contribution in [0.1, 0.15) is 41.0 Å². The Hall–Kier alpha value is -1.82. The van der Waals surface area contributed by atoms with Crippen LogP contribution in [0.2, 0.25) is 5.02 Å². The number of aryl methyl sites for hydroxylation is 1. The molecule has 1 saturated heterocycles. The summed E-state index contributed by atoms with van der Waals surface area (Å²) >= 11 is 5.84. The van der Waals surface area contributed by atoms with Crippen molar-refractivity contribution in [1.82, 2.24) is 20.0 Å². The van der Waals surface area contributed by atoms with E-state index in [-0.39, 0.29) is 11.8 Å². The highest BCUT2D eigenvalue weighted by Crippen LogP contribution is 2.26. The fourth-order valence-corrected chi connectivity index (χ4v) is 2.68. The zero-order valence-corrected chi connectivity index (χ0v) is 11.9. The van der Waals surface area contributed by atoms with Gasteiger partial charge in [0.05, 0.1) is 5.02 Å². The van der Waals surface area contributed by atoms with E-state index in [0.717, 1.165) is 19.4 Å². The molecular formula is C13H15ClN4O2. The number of aromatic nitrogens is 3. The molecular weight excluding hydrogens is 280 g/mol. The number of hydrogen-bond acceptors (Lipinski definition) is 4. The molecule has 1 fully saturated rings. The first-order valence-corrected chi connectivity index (χ1v) is 6.94. The molecule has 0 aliphatic carbocycles. The van der Waals surface area contributed by atoms with Crippen LogP contribution in [-0.4, -0.2) is 39.0 Å². The fourth-order valence-electron chi connectivity index (χ4n) is 2.51. The van der Waals surface area contributed by atoms with Crippen LogP contribution in [0.25, 0.3) is 0 Å². The third-order valence-electron chi connectivity index (χ3n) is 3.50. The largest absolute Gasteiger partial charge is 0.356 e. The molecule has 7 heteroatoms. The second-order valence-electron chi connectivity index (χ2n) is 4.99. The van der Waals surface area contributed by atoms with Crippen molar-refractivity contribution in [1.29, 1.82) is 0 Å². The molecule has 6 nitrogen and oxygen atoms in total. The zero-order chi connectivity index (χ0) is 14.1. The number of nitrogens with one attached hydrogen (secondary N) is 1. The number of likely N-dealkylation sites (tertiary alicyclic amines) is 1. The second-order valence-corrected chi connectivity index (χ2v) is 5.43. The van der Waals surface area contributed by atoms with Crippen molar-refractivity contribution in [3.05, 3.63) is 34.7 Å². The summed E-state index contributed by atoms with van der Waals surface area (Å²) in [4.78, 5) is 21.3. The molecule has 1 atom stereocenters. The van der Waals surface area contributed by atoms with Gasteiger partial charge in [0.25, 0.3) is 5.91 Å². The molecule has 1 aliphatic heterocycles. The number of nitrogens with zero attached hydrogens (tertiary/aromatic N) is 3. The number of carbonyl (C=O) groups is 1.